The number of nitrogens with zero attached hydrogens (tertiary/aromatic N) is 1. The van der Waals surface area contributed by atoms with Crippen molar-refractivity contribution in [3.8, 4) is 0 Å². The average molecular weight is 280 g/mol. The van der Waals surface area contributed by atoms with Crippen LogP contribution in [0, 0.1) is 17.8 Å². The Balaban J connectivity index is 1.65. The number of nitrogens with one attached hydrogen (secondary N) is 1. The molecule has 0 aromatic carbocycles. The standard InChI is InChI=1S/C16H28N2O2/c1-2-3-18(4-5-19)15(20)17-16-9-12-6-13(10-16)8-14(7-12)11-16/h12-14,19H,2-11H2,1H3,(H,17,20). The number of hydrogen-bond donors (Lipinski definition) is 2. The molecule has 0 heterocycles. The molecule has 0 aliphatic heterocycles. The fraction of sp³-hybridized carbons (Fsp3) is 0.938. The summed E-state index contributed by atoms with van der Waals surface area (Å²) in [5.41, 5.74) is 0.0767. The van der Waals surface area contributed by atoms with Crippen molar-refractivity contribution in [1.29, 1.82) is 0 Å². The zero-order chi connectivity index (χ0) is 14.2. The number of hydrogen-bond acceptors (Lipinski definition) is 2. The summed E-state index contributed by atoms with van der Waals surface area (Å²) in [7, 11) is 0. The van der Waals surface area contributed by atoms with Gasteiger partial charge in [-0.1, -0.05) is 6.92 Å². The van der Waals surface area contributed by atoms with Gasteiger partial charge in [-0.3, -0.25) is 0 Å². The Labute approximate surface area is 121 Å². The lowest BCUT2D eigenvalue weighted by molar-refractivity contribution is -0.0159. The molecule has 4 heteroatoms. The number of rotatable bonds is 5. The largest absolute Gasteiger partial charge is 0.395 e. The van der Waals surface area contributed by atoms with E-state index in [0.717, 1.165) is 30.7 Å². The first-order valence-electron chi connectivity index (χ1n) is 8.32. The molecule has 4 aliphatic rings. The molecule has 0 saturated heterocycles. The maximum atomic E-state index is 12.5. The lowest BCUT2D eigenvalue weighted by atomic mass is 9.53. The Morgan fingerprint density at radius 1 is 1.15 bits per heavy atom. The van der Waals surface area contributed by atoms with Crippen LogP contribution in [0.5, 0.6) is 0 Å². The maximum Gasteiger partial charge on any atom is 0.317 e. The van der Waals surface area contributed by atoms with Crippen LogP contribution in [-0.2, 0) is 0 Å². The van der Waals surface area contributed by atoms with Gasteiger partial charge in [0.25, 0.3) is 0 Å². The van der Waals surface area contributed by atoms with Crippen LogP contribution in [0.15, 0.2) is 0 Å². The first-order chi connectivity index (χ1) is 9.64. The smallest absolute Gasteiger partial charge is 0.317 e. The van der Waals surface area contributed by atoms with Gasteiger partial charge in [-0.25, -0.2) is 4.79 Å². The topological polar surface area (TPSA) is 52.6 Å². The number of aliphatic hydroxyl groups is 1. The Hall–Kier alpha value is -0.770. The second-order valence-electron chi connectivity index (χ2n) is 7.34. The summed E-state index contributed by atoms with van der Waals surface area (Å²) in [5, 5.41) is 12.5. The van der Waals surface area contributed by atoms with Gasteiger partial charge in [-0.05, 0) is 62.7 Å². The van der Waals surface area contributed by atoms with Gasteiger partial charge < -0.3 is 15.3 Å². The third-order valence-electron chi connectivity index (χ3n) is 5.56. The highest BCUT2D eigenvalue weighted by molar-refractivity contribution is 5.75. The molecule has 4 rings (SSSR count). The van der Waals surface area contributed by atoms with Crippen LogP contribution < -0.4 is 5.32 Å². The Morgan fingerprint density at radius 3 is 2.15 bits per heavy atom. The minimum Gasteiger partial charge on any atom is -0.395 e. The minimum absolute atomic E-state index is 0.0443. The predicted octanol–water partition coefficient (Wildman–Crippen LogP) is 2.37. The van der Waals surface area contributed by atoms with Gasteiger partial charge in [0.15, 0.2) is 0 Å². The monoisotopic (exact) mass is 280 g/mol. The number of amides is 2. The fourth-order valence-electron chi connectivity index (χ4n) is 5.28. The molecular formula is C16H28N2O2. The maximum absolute atomic E-state index is 12.5. The summed E-state index contributed by atoms with van der Waals surface area (Å²) < 4.78 is 0. The molecule has 0 unspecified atom stereocenters. The van der Waals surface area contributed by atoms with E-state index in [4.69, 9.17) is 5.11 Å². The summed E-state index contributed by atoms with van der Waals surface area (Å²) in [5.74, 6) is 2.54. The summed E-state index contributed by atoms with van der Waals surface area (Å²) in [6.45, 7) is 3.31. The van der Waals surface area contributed by atoms with E-state index in [0.29, 0.717) is 6.54 Å². The Kier molecular flexibility index (Phi) is 3.93. The second-order valence-corrected chi connectivity index (χ2v) is 7.34. The lowest BCUT2D eigenvalue weighted by Gasteiger charge is -2.57. The number of carbonyl (C=O) groups is 1. The van der Waals surface area contributed by atoms with Crippen molar-refractivity contribution in [3.05, 3.63) is 0 Å². The lowest BCUT2D eigenvalue weighted by Crippen LogP contribution is -2.62. The van der Waals surface area contributed by atoms with Gasteiger partial charge in [-0.2, -0.15) is 0 Å². The third-order valence-corrected chi connectivity index (χ3v) is 5.56. The van der Waals surface area contributed by atoms with Gasteiger partial charge in [0, 0.05) is 18.6 Å². The van der Waals surface area contributed by atoms with Crippen molar-refractivity contribution in [1.82, 2.24) is 10.2 Å². The van der Waals surface area contributed by atoms with Gasteiger partial charge in [0.05, 0.1) is 6.61 Å². The van der Waals surface area contributed by atoms with E-state index in [2.05, 4.69) is 12.2 Å². The molecule has 0 atom stereocenters. The van der Waals surface area contributed by atoms with Gasteiger partial charge >= 0.3 is 6.03 Å². The summed E-state index contributed by atoms with van der Waals surface area (Å²) >= 11 is 0. The molecule has 4 saturated carbocycles. The van der Waals surface area contributed by atoms with Crippen LogP contribution in [0.2, 0.25) is 0 Å². The van der Waals surface area contributed by atoms with Crippen molar-refractivity contribution >= 4 is 6.03 Å². The average Bonchev–Trinajstić information content (AvgIpc) is 2.36. The van der Waals surface area contributed by atoms with Crippen LogP contribution in [-0.4, -0.2) is 41.3 Å². The fourth-order valence-corrected chi connectivity index (χ4v) is 5.28. The molecule has 2 amide bonds. The van der Waals surface area contributed by atoms with E-state index < -0.39 is 0 Å². The van der Waals surface area contributed by atoms with Crippen LogP contribution >= 0.6 is 0 Å². The molecular weight excluding hydrogens is 252 g/mol. The molecule has 0 radical (unpaired) electrons. The van der Waals surface area contributed by atoms with E-state index in [1.807, 2.05) is 0 Å². The van der Waals surface area contributed by atoms with Gasteiger partial charge in [-0.15, -0.1) is 0 Å². The zero-order valence-corrected chi connectivity index (χ0v) is 12.6. The van der Waals surface area contributed by atoms with E-state index in [1.54, 1.807) is 4.90 Å². The van der Waals surface area contributed by atoms with E-state index in [1.165, 1.54) is 38.5 Å². The molecule has 4 aliphatic carbocycles. The third kappa shape index (κ3) is 2.67. The van der Waals surface area contributed by atoms with E-state index in [-0.39, 0.29) is 18.2 Å². The minimum atomic E-state index is 0.0443. The van der Waals surface area contributed by atoms with Crippen molar-refractivity contribution in [3.63, 3.8) is 0 Å². The van der Waals surface area contributed by atoms with E-state index >= 15 is 0 Å². The highest BCUT2D eigenvalue weighted by Gasteiger charge is 2.51. The molecule has 0 aromatic heterocycles. The highest BCUT2D eigenvalue weighted by Crippen LogP contribution is 2.55. The molecule has 2 N–H and O–H groups in total. The van der Waals surface area contributed by atoms with Gasteiger partial charge in [0.2, 0.25) is 0 Å². The van der Waals surface area contributed by atoms with Crippen LogP contribution in [0.3, 0.4) is 0 Å². The van der Waals surface area contributed by atoms with Crippen molar-refractivity contribution in [2.75, 3.05) is 19.7 Å². The Morgan fingerprint density at radius 2 is 1.70 bits per heavy atom. The highest BCUT2D eigenvalue weighted by atomic mass is 16.3. The first kappa shape index (κ1) is 14.2. The SMILES string of the molecule is CCCN(CCO)C(=O)NC12CC3CC(CC(C3)C1)C2. The summed E-state index contributed by atoms with van der Waals surface area (Å²) in [4.78, 5) is 14.3. The van der Waals surface area contributed by atoms with Crippen LogP contribution in [0.4, 0.5) is 4.79 Å². The van der Waals surface area contributed by atoms with Crippen molar-refractivity contribution < 1.29 is 9.90 Å². The molecule has 4 bridgehead atoms. The molecule has 114 valence electrons. The zero-order valence-electron chi connectivity index (χ0n) is 12.6. The van der Waals surface area contributed by atoms with Crippen LogP contribution in [0.25, 0.3) is 0 Å². The second kappa shape index (κ2) is 5.55. The van der Waals surface area contributed by atoms with Crippen molar-refractivity contribution in [2.24, 2.45) is 17.8 Å². The van der Waals surface area contributed by atoms with E-state index in [9.17, 15) is 4.79 Å². The predicted molar refractivity (Wildman–Crippen MR) is 78.4 cm³/mol. The number of carbonyl (C=O) groups excluding carboxylic acids is 1. The molecule has 0 spiro atoms. The molecule has 4 nitrogen and oxygen atoms in total. The van der Waals surface area contributed by atoms with Crippen LogP contribution in [0.1, 0.15) is 51.9 Å². The van der Waals surface area contributed by atoms with Crippen molar-refractivity contribution in [2.45, 2.75) is 57.4 Å². The quantitative estimate of drug-likeness (QED) is 0.812. The summed E-state index contributed by atoms with van der Waals surface area (Å²) in [6, 6.07) is 0.0443. The summed E-state index contributed by atoms with van der Waals surface area (Å²) in [6.07, 6.45) is 8.67. The number of urea groups is 1. The molecule has 4 fully saturated rings. The van der Waals surface area contributed by atoms with Gasteiger partial charge in [0.1, 0.15) is 0 Å². The first-order valence-corrected chi connectivity index (χ1v) is 8.32. The number of aliphatic hydroxyl groups excluding tert-OH is 1. The normalized spacial score (nSPS) is 38.0. The molecule has 20 heavy (non-hydrogen) atoms. The Bertz CT molecular complexity index is 328. The molecule has 0 aromatic rings.